The van der Waals surface area contributed by atoms with E-state index in [0.717, 1.165) is 25.1 Å². The molecule has 7 heteroatoms. The van der Waals surface area contributed by atoms with Crippen LogP contribution in [0.15, 0.2) is 18.2 Å². The standard InChI is InChI=1S/C13H14F4N2O/c14-8-3-4-10(11(6-8)13(15,16)17)12(20)19-9-2-1-5-18-7-9/h3-4,6,9,18H,1-2,5,7H2,(H,19,20). The molecule has 1 aromatic carbocycles. The predicted molar refractivity (Wildman–Crippen MR) is 64.8 cm³/mol. The first-order chi connectivity index (χ1) is 9.38. The zero-order valence-electron chi connectivity index (χ0n) is 10.6. The second-order valence-electron chi connectivity index (χ2n) is 4.70. The van der Waals surface area contributed by atoms with Crippen LogP contribution >= 0.6 is 0 Å². The van der Waals surface area contributed by atoms with Gasteiger partial charge in [0.1, 0.15) is 5.82 Å². The monoisotopic (exact) mass is 290 g/mol. The van der Waals surface area contributed by atoms with E-state index in [4.69, 9.17) is 0 Å². The maximum Gasteiger partial charge on any atom is 0.417 e. The molecule has 1 fully saturated rings. The Morgan fingerprint density at radius 3 is 2.70 bits per heavy atom. The molecule has 1 saturated heterocycles. The van der Waals surface area contributed by atoms with Crippen LogP contribution in [0.25, 0.3) is 0 Å². The molecular weight excluding hydrogens is 276 g/mol. The zero-order valence-corrected chi connectivity index (χ0v) is 10.6. The number of piperidine rings is 1. The minimum Gasteiger partial charge on any atom is -0.348 e. The summed E-state index contributed by atoms with van der Waals surface area (Å²) in [5.41, 5.74) is -1.80. The van der Waals surface area contributed by atoms with Gasteiger partial charge in [-0.2, -0.15) is 13.2 Å². The van der Waals surface area contributed by atoms with Gasteiger partial charge < -0.3 is 10.6 Å². The molecule has 1 heterocycles. The van der Waals surface area contributed by atoms with Crippen molar-refractivity contribution in [2.75, 3.05) is 13.1 Å². The Morgan fingerprint density at radius 1 is 1.35 bits per heavy atom. The summed E-state index contributed by atoms with van der Waals surface area (Å²) in [5.74, 6) is -1.85. The van der Waals surface area contributed by atoms with Gasteiger partial charge in [-0.25, -0.2) is 4.39 Å². The van der Waals surface area contributed by atoms with E-state index in [9.17, 15) is 22.4 Å². The van der Waals surface area contributed by atoms with Crippen molar-refractivity contribution < 1.29 is 22.4 Å². The minimum atomic E-state index is -4.76. The molecule has 2 rings (SSSR count). The number of alkyl halides is 3. The number of nitrogens with one attached hydrogen (secondary N) is 2. The van der Waals surface area contributed by atoms with Gasteiger partial charge in [0.25, 0.3) is 5.91 Å². The topological polar surface area (TPSA) is 41.1 Å². The van der Waals surface area contributed by atoms with E-state index in [0.29, 0.717) is 19.0 Å². The lowest BCUT2D eigenvalue weighted by molar-refractivity contribution is -0.138. The second-order valence-corrected chi connectivity index (χ2v) is 4.70. The fraction of sp³-hybridized carbons (Fsp3) is 0.462. The molecule has 110 valence electrons. The number of amides is 1. The normalized spacial score (nSPS) is 19.7. The Morgan fingerprint density at radius 2 is 2.10 bits per heavy atom. The average Bonchev–Trinajstić information content (AvgIpc) is 2.38. The Balaban J connectivity index is 2.20. The number of halogens is 4. The smallest absolute Gasteiger partial charge is 0.348 e. The van der Waals surface area contributed by atoms with Crippen LogP contribution in [0.3, 0.4) is 0 Å². The molecule has 3 nitrogen and oxygen atoms in total. The summed E-state index contributed by atoms with van der Waals surface area (Å²) in [6, 6.07) is 1.85. The third kappa shape index (κ3) is 3.47. The zero-order chi connectivity index (χ0) is 14.8. The summed E-state index contributed by atoms with van der Waals surface area (Å²) in [5, 5.41) is 5.59. The molecule has 20 heavy (non-hydrogen) atoms. The Kier molecular flexibility index (Phi) is 4.27. The molecule has 0 bridgehead atoms. The Bertz CT molecular complexity index is 496. The van der Waals surface area contributed by atoms with Gasteiger partial charge in [0.05, 0.1) is 11.1 Å². The lowest BCUT2D eigenvalue weighted by Gasteiger charge is -2.24. The van der Waals surface area contributed by atoms with Crippen molar-refractivity contribution in [3.8, 4) is 0 Å². The summed E-state index contributed by atoms with van der Waals surface area (Å²) in [6.07, 6.45) is -3.21. The van der Waals surface area contributed by atoms with Gasteiger partial charge >= 0.3 is 6.18 Å². The van der Waals surface area contributed by atoms with Gasteiger partial charge in [-0.1, -0.05) is 0 Å². The number of carbonyl (C=O) groups excluding carboxylic acids is 1. The summed E-state index contributed by atoms with van der Waals surface area (Å²) >= 11 is 0. The van der Waals surface area contributed by atoms with Gasteiger partial charge in [0.15, 0.2) is 0 Å². The highest BCUT2D eigenvalue weighted by Crippen LogP contribution is 2.32. The van der Waals surface area contributed by atoms with Crippen molar-refractivity contribution >= 4 is 5.91 Å². The number of benzene rings is 1. The quantitative estimate of drug-likeness (QED) is 0.821. The Labute approximate surface area is 113 Å². The van der Waals surface area contributed by atoms with Crippen LogP contribution in [-0.2, 0) is 6.18 Å². The highest BCUT2D eigenvalue weighted by Gasteiger charge is 2.36. The molecule has 1 atom stereocenters. The minimum absolute atomic E-state index is 0.206. The Hall–Kier alpha value is -1.63. The molecule has 1 aliphatic heterocycles. The van der Waals surface area contributed by atoms with Crippen LogP contribution in [0.2, 0.25) is 0 Å². The molecule has 0 saturated carbocycles. The van der Waals surface area contributed by atoms with Gasteiger partial charge in [0.2, 0.25) is 0 Å². The molecule has 0 aromatic heterocycles. The lowest BCUT2D eigenvalue weighted by Crippen LogP contribution is -2.45. The van der Waals surface area contributed by atoms with Crippen LogP contribution in [0.1, 0.15) is 28.8 Å². The van der Waals surface area contributed by atoms with Crippen molar-refractivity contribution in [2.45, 2.75) is 25.1 Å². The summed E-state index contributed by atoms with van der Waals surface area (Å²) in [7, 11) is 0. The van der Waals surface area contributed by atoms with E-state index in [-0.39, 0.29) is 6.04 Å². The van der Waals surface area contributed by atoms with Gasteiger partial charge in [-0.3, -0.25) is 4.79 Å². The largest absolute Gasteiger partial charge is 0.417 e. The van der Waals surface area contributed by atoms with E-state index in [1.807, 2.05) is 0 Å². The molecule has 0 aliphatic carbocycles. The van der Waals surface area contributed by atoms with E-state index in [1.165, 1.54) is 0 Å². The molecular formula is C13H14F4N2O. The first kappa shape index (κ1) is 14.8. The van der Waals surface area contributed by atoms with Crippen molar-refractivity contribution in [3.05, 3.63) is 35.1 Å². The molecule has 2 N–H and O–H groups in total. The number of rotatable bonds is 2. The maximum atomic E-state index is 13.0. The lowest BCUT2D eigenvalue weighted by atomic mass is 10.0. The van der Waals surface area contributed by atoms with Gasteiger partial charge in [-0.15, -0.1) is 0 Å². The van der Waals surface area contributed by atoms with Crippen molar-refractivity contribution in [1.82, 2.24) is 10.6 Å². The van der Waals surface area contributed by atoms with Crippen LogP contribution in [0.5, 0.6) is 0 Å². The predicted octanol–water partition coefficient (Wildman–Crippen LogP) is 2.33. The van der Waals surface area contributed by atoms with Crippen LogP contribution < -0.4 is 10.6 Å². The number of hydrogen-bond donors (Lipinski definition) is 2. The summed E-state index contributed by atoms with van der Waals surface area (Å²) < 4.78 is 51.4. The first-order valence-corrected chi connectivity index (χ1v) is 6.26. The third-order valence-electron chi connectivity index (χ3n) is 3.16. The second kappa shape index (κ2) is 5.78. The van der Waals surface area contributed by atoms with Crippen LogP contribution in [-0.4, -0.2) is 25.0 Å². The third-order valence-corrected chi connectivity index (χ3v) is 3.16. The highest BCUT2D eigenvalue weighted by molar-refractivity contribution is 5.96. The molecule has 1 unspecified atom stereocenters. The molecule has 0 radical (unpaired) electrons. The van der Waals surface area contributed by atoms with E-state index in [2.05, 4.69) is 10.6 Å². The summed E-state index contributed by atoms with van der Waals surface area (Å²) in [4.78, 5) is 11.9. The van der Waals surface area contributed by atoms with Crippen molar-refractivity contribution in [1.29, 1.82) is 0 Å². The molecule has 1 aliphatic rings. The highest BCUT2D eigenvalue weighted by atomic mass is 19.4. The van der Waals surface area contributed by atoms with Gasteiger partial charge in [0, 0.05) is 12.6 Å². The first-order valence-electron chi connectivity index (χ1n) is 6.26. The SMILES string of the molecule is O=C(NC1CCCNC1)c1ccc(F)cc1C(F)(F)F. The van der Waals surface area contributed by atoms with Crippen molar-refractivity contribution in [3.63, 3.8) is 0 Å². The van der Waals surface area contributed by atoms with Crippen molar-refractivity contribution in [2.24, 2.45) is 0 Å². The average molecular weight is 290 g/mol. The maximum absolute atomic E-state index is 13.0. The fourth-order valence-corrected chi connectivity index (χ4v) is 2.19. The summed E-state index contributed by atoms with van der Waals surface area (Å²) in [6.45, 7) is 1.35. The molecule has 1 amide bonds. The molecule has 0 spiro atoms. The molecule has 1 aromatic rings. The van der Waals surface area contributed by atoms with E-state index >= 15 is 0 Å². The van der Waals surface area contributed by atoms with E-state index in [1.54, 1.807) is 0 Å². The number of hydrogen-bond acceptors (Lipinski definition) is 2. The van der Waals surface area contributed by atoms with E-state index < -0.39 is 29.0 Å². The van der Waals surface area contributed by atoms with Crippen LogP contribution in [0, 0.1) is 5.82 Å². The number of carbonyl (C=O) groups is 1. The van der Waals surface area contributed by atoms with Crippen LogP contribution in [0.4, 0.5) is 17.6 Å². The van der Waals surface area contributed by atoms with Gasteiger partial charge in [-0.05, 0) is 37.6 Å². The fourth-order valence-electron chi connectivity index (χ4n) is 2.19.